The highest BCUT2D eigenvalue weighted by molar-refractivity contribution is 8.23. The van der Waals surface area contributed by atoms with Crippen molar-refractivity contribution in [1.29, 1.82) is 0 Å². The van der Waals surface area contributed by atoms with Crippen molar-refractivity contribution < 1.29 is 26.3 Å². The first kappa shape index (κ1) is 17.2. The number of aromatic nitrogens is 2. The minimum Gasteiger partial charge on any atom is -0.316 e. The minimum absolute atomic E-state index is 0.0121. The van der Waals surface area contributed by atoms with Gasteiger partial charge in [-0.3, -0.25) is 0 Å². The Morgan fingerprint density at radius 3 is 2.40 bits per heavy atom. The molecule has 0 fully saturated rings. The third-order valence-corrected chi connectivity index (χ3v) is 3.75. The molecule has 0 spiro atoms. The number of nitrogens with zero attached hydrogens (tertiary/aromatic N) is 2. The van der Waals surface area contributed by atoms with Crippen molar-refractivity contribution >= 4 is 44.8 Å². The zero-order chi connectivity index (χ0) is 15.3. The molecule has 3 nitrogen and oxygen atoms in total. The molecule has 1 heterocycles. The fourth-order valence-corrected chi connectivity index (χ4v) is 2.57. The summed E-state index contributed by atoms with van der Waals surface area (Å²) in [4.78, 5) is 0. The van der Waals surface area contributed by atoms with Gasteiger partial charge in [-0.1, -0.05) is 35.3 Å². The molecule has 0 atom stereocenters. The van der Waals surface area contributed by atoms with Gasteiger partial charge in [0.05, 0.1) is 0 Å². The lowest BCUT2D eigenvalue weighted by atomic mass is 10.4. The fraction of sp³-hybridized carbons (Fsp3) is 0.375. The maximum atomic E-state index is 12.4. The number of allylic oxidation sites excluding steroid dienone is 1. The molecule has 1 aromatic rings. The monoisotopic (exact) mass is 353 g/mol. The van der Waals surface area contributed by atoms with Gasteiger partial charge in [-0.2, -0.15) is 22.0 Å². The van der Waals surface area contributed by atoms with E-state index in [1.54, 1.807) is 0 Å². The summed E-state index contributed by atoms with van der Waals surface area (Å²) in [5.74, 6) is -1.63. The topological polar surface area (TPSA) is 37.8 Å². The molecular formula is C8H5F6N3S3. The second-order valence-electron chi connectivity index (χ2n) is 3.09. The van der Waals surface area contributed by atoms with Crippen molar-refractivity contribution in [3.63, 3.8) is 0 Å². The molecule has 0 bridgehead atoms. The summed E-state index contributed by atoms with van der Waals surface area (Å²) in [6.45, 7) is 0. The molecule has 0 aliphatic rings. The third kappa shape index (κ3) is 5.63. The van der Waals surface area contributed by atoms with Crippen molar-refractivity contribution in [2.75, 3.05) is 11.1 Å². The second-order valence-corrected chi connectivity index (χ2v) is 5.84. The highest BCUT2D eigenvalue weighted by Crippen LogP contribution is 2.33. The smallest absolute Gasteiger partial charge is 0.316 e. The number of hydrogen-bond donors (Lipinski definition) is 1. The van der Waals surface area contributed by atoms with E-state index in [4.69, 9.17) is 12.2 Å². The summed E-state index contributed by atoms with van der Waals surface area (Å²) < 4.78 is 72.6. The molecule has 20 heavy (non-hydrogen) atoms. The van der Waals surface area contributed by atoms with Gasteiger partial charge in [0.1, 0.15) is 4.32 Å². The first-order valence-electron chi connectivity index (χ1n) is 4.74. The molecule has 0 aromatic carbocycles. The van der Waals surface area contributed by atoms with Crippen LogP contribution in [0.2, 0.25) is 0 Å². The predicted octanol–water partition coefficient (Wildman–Crippen LogP) is 4.45. The molecule has 0 radical (unpaired) electrons. The molecule has 1 rings (SSSR count). The Morgan fingerprint density at radius 2 is 1.90 bits per heavy atom. The Labute approximate surface area is 122 Å². The Bertz CT molecular complexity index is 508. The Morgan fingerprint density at radius 1 is 1.25 bits per heavy atom. The van der Waals surface area contributed by atoms with Gasteiger partial charge < -0.3 is 5.32 Å². The van der Waals surface area contributed by atoms with Crippen LogP contribution in [0.25, 0.3) is 0 Å². The van der Waals surface area contributed by atoms with E-state index in [0.29, 0.717) is 0 Å². The molecule has 112 valence electrons. The standard InChI is InChI=1S/C8H5F6N3S3/c9-3(4(10)11)1-2-19-7(18)15-6-17-16-5(20-6)8(12,13)14/h1-2H2,(H,15,17,18). The number of alkyl halides is 3. The van der Waals surface area contributed by atoms with Crippen molar-refractivity contribution in [3.8, 4) is 0 Å². The van der Waals surface area contributed by atoms with Crippen LogP contribution < -0.4 is 5.32 Å². The van der Waals surface area contributed by atoms with Crippen LogP contribution in [-0.4, -0.2) is 20.3 Å². The van der Waals surface area contributed by atoms with Gasteiger partial charge in [0.2, 0.25) is 10.1 Å². The average molecular weight is 353 g/mol. The zero-order valence-corrected chi connectivity index (χ0v) is 11.8. The molecule has 0 amide bonds. The lowest BCUT2D eigenvalue weighted by molar-refractivity contribution is -0.138. The van der Waals surface area contributed by atoms with E-state index in [2.05, 4.69) is 15.5 Å². The maximum absolute atomic E-state index is 12.4. The zero-order valence-electron chi connectivity index (χ0n) is 9.30. The molecule has 0 aliphatic carbocycles. The van der Waals surface area contributed by atoms with Gasteiger partial charge in [0.25, 0.3) is 0 Å². The molecule has 0 aliphatic heterocycles. The van der Waals surface area contributed by atoms with Gasteiger partial charge in [-0.05, 0) is 0 Å². The lowest BCUT2D eigenvalue weighted by Gasteiger charge is -2.02. The molecule has 1 N–H and O–H groups in total. The molecular weight excluding hydrogens is 348 g/mol. The first-order chi connectivity index (χ1) is 9.20. The summed E-state index contributed by atoms with van der Waals surface area (Å²) >= 11 is 5.79. The van der Waals surface area contributed by atoms with E-state index in [1.165, 1.54) is 0 Å². The van der Waals surface area contributed by atoms with Crippen molar-refractivity contribution in [2.45, 2.75) is 12.6 Å². The van der Waals surface area contributed by atoms with Crippen LogP contribution in [-0.2, 0) is 6.18 Å². The predicted molar refractivity (Wildman–Crippen MR) is 68.6 cm³/mol. The number of thiocarbonyl (C=S) groups is 1. The first-order valence-corrected chi connectivity index (χ1v) is 6.95. The second kappa shape index (κ2) is 7.22. The maximum Gasteiger partial charge on any atom is 0.445 e. The van der Waals surface area contributed by atoms with E-state index < -0.39 is 29.5 Å². The number of thioether (sulfide) groups is 1. The van der Waals surface area contributed by atoms with Crippen molar-refractivity contribution in [1.82, 2.24) is 10.2 Å². The Kier molecular flexibility index (Phi) is 6.20. The summed E-state index contributed by atoms with van der Waals surface area (Å²) in [7, 11) is 0. The van der Waals surface area contributed by atoms with E-state index in [0.717, 1.165) is 11.8 Å². The van der Waals surface area contributed by atoms with Gasteiger partial charge in [-0.15, -0.1) is 10.2 Å². The summed E-state index contributed by atoms with van der Waals surface area (Å²) in [5.41, 5.74) is 0. The van der Waals surface area contributed by atoms with Crippen molar-refractivity contribution in [2.24, 2.45) is 0 Å². The Hall–Kier alpha value is -0.880. The molecule has 12 heteroatoms. The summed E-state index contributed by atoms with van der Waals surface area (Å²) in [6.07, 6.45) is -7.53. The summed E-state index contributed by atoms with van der Waals surface area (Å²) in [5, 5.41) is 7.18. The lowest BCUT2D eigenvalue weighted by Crippen LogP contribution is -2.05. The minimum atomic E-state index is -4.60. The highest BCUT2D eigenvalue weighted by atomic mass is 32.2. The number of anilines is 1. The summed E-state index contributed by atoms with van der Waals surface area (Å²) in [6, 6.07) is 0. The van der Waals surface area contributed by atoms with Crippen molar-refractivity contribution in [3.05, 3.63) is 16.9 Å². The van der Waals surface area contributed by atoms with Gasteiger partial charge in [0, 0.05) is 12.2 Å². The van der Waals surface area contributed by atoms with Crippen LogP contribution in [0, 0.1) is 0 Å². The quantitative estimate of drug-likeness (QED) is 0.639. The van der Waals surface area contributed by atoms with Gasteiger partial charge >= 0.3 is 12.3 Å². The van der Waals surface area contributed by atoms with E-state index >= 15 is 0 Å². The van der Waals surface area contributed by atoms with Crippen LogP contribution in [0.3, 0.4) is 0 Å². The van der Waals surface area contributed by atoms with E-state index in [1.807, 2.05) is 0 Å². The number of halogens is 6. The van der Waals surface area contributed by atoms with Crippen LogP contribution >= 0.6 is 35.3 Å². The van der Waals surface area contributed by atoms with Crippen LogP contribution in [0.15, 0.2) is 11.9 Å². The number of nitrogens with one attached hydrogen (secondary N) is 1. The SMILES string of the molecule is FC(F)=C(F)CCSC(=S)Nc1nnc(C(F)(F)F)s1. The molecule has 0 saturated heterocycles. The number of hydrogen-bond acceptors (Lipinski definition) is 5. The normalized spacial score (nSPS) is 11.3. The van der Waals surface area contributed by atoms with Crippen LogP contribution in [0.5, 0.6) is 0 Å². The molecule has 1 aromatic heterocycles. The highest BCUT2D eigenvalue weighted by Gasteiger charge is 2.35. The largest absolute Gasteiger partial charge is 0.445 e. The van der Waals surface area contributed by atoms with E-state index in [9.17, 15) is 26.3 Å². The van der Waals surface area contributed by atoms with E-state index in [-0.39, 0.29) is 26.5 Å². The molecule has 0 unspecified atom stereocenters. The molecule has 0 saturated carbocycles. The van der Waals surface area contributed by atoms with Crippen LogP contribution in [0.1, 0.15) is 11.4 Å². The fourth-order valence-electron chi connectivity index (χ4n) is 0.840. The van der Waals surface area contributed by atoms with Crippen LogP contribution in [0.4, 0.5) is 31.5 Å². The Balaban J connectivity index is 2.44. The third-order valence-electron chi connectivity index (χ3n) is 1.64. The average Bonchev–Trinajstić information content (AvgIpc) is 2.76. The van der Waals surface area contributed by atoms with Gasteiger partial charge in [0.15, 0.2) is 5.83 Å². The van der Waals surface area contributed by atoms with Gasteiger partial charge in [-0.25, -0.2) is 4.39 Å². The number of rotatable bonds is 4.